The van der Waals surface area contributed by atoms with E-state index in [1.165, 1.54) is 13.2 Å². The minimum atomic E-state index is -1.13. The van der Waals surface area contributed by atoms with Crippen LogP contribution in [0.4, 0.5) is 4.79 Å². The number of hydrogen-bond acceptors (Lipinski definition) is 8. The largest absolute Gasteiger partial charge is 0.493 e. The van der Waals surface area contributed by atoms with Crippen LogP contribution in [0.5, 0.6) is 11.5 Å². The van der Waals surface area contributed by atoms with E-state index in [2.05, 4.69) is 0 Å². The van der Waals surface area contributed by atoms with E-state index in [1.54, 1.807) is 26.0 Å². The second kappa shape index (κ2) is 9.96. The van der Waals surface area contributed by atoms with Gasteiger partial charge in [0.15, 0.2) is 18.1 Å². The molecule has 0 aromatic heterocycles. The first-order valence-electron chi connectivity index (χ1n) is 8.29. The first-order valence-corrected chi connectivity index (χ1v) is 10.2. The van der Waals surface area contributed by atoms with Crippen LogP contribution in [0.1, 0.15) is 19.4 Å². The molecular weight excluding hydrogens is 517 g/mol. The molecule has 0 radical (unpaired) electrons. The van der Waals surface area contributed by atoms with Crippen LogP contribution in [-0.4, -0.2) is 59.5 Å². The predicted octanol–water partition coefficient (Wildman–Crippen LogP) is 2.75. The van der Waals surface area contributed by atoms with Crippen molar-refractivity contribution in [1.82, 2.24) is 4.90 Å². The molecule has 0 spiro atoms. The Morgan fingerprint density at radius 3 is 2.59 bits per heavy atom. The number of carboxylic acid groups (broad SMARTS) is 1. The van der Waals surface area contributed by atoms with Crippen LogP contribution in [0.2, 0.25) is 0 Å². The zero-order chi connectivity index (χ0) is 21.7. The molecule has 1 aromatic rings. The number of amides is 2. The van der Waals surface area contributed by atoms with Crippen LogP contribution >= 0.6 is 34.4 Å². The zero-order valence-electron chi connectivity index (χ0n) is 15.8. The van der Waals surface area contributed by atoms with Crippen molar-refractivity contribution in [2.45, 2.75) is 20.0 Å². The number of carbonyl (C=O) groups excluding carboxylic acids is 3. The highest BCUT2D eigenvalue weighted by Crippen LogP contribution is 2.37. The Balaban J connectivity index is 2.24. The number of rotatable bonds is 8. The number of nitrogens with zero attached hydrogens (tertiary/aromatic N) is 1. The summed E-state index contributed by atoms with van der Waals surface area (Å²) in [4.78, 5) is 48.1. The Hall–Kier alpha value is -2.28. The number of ether oxygens (including phenoxy) is 3. The number of imide groups is 1. The van der Waals surface area contributed by atoms with E-state index in [9.17, 15) is 19.2 Å². The number of hydrogen-bond donors (Lipinski definition) is 1. The lowest BCUT2D eigenvalue weighted by molar-refractivity contribution is -0.149. The zero-order valence-corrected chi connectivity index (χ0v) is 18.7. The SMILES string of the molecule is COc1cc(/C=C2\SC(=O)N(CC(=O)OC(C)C)C2=O)cc(I)c1OCC(=O)O. The minimum Gasteiger partial charge on any atom is -0.493 e. The summed E-state index contributed by atoms with van der Waals surface area (Å²) in [6.07, 6.45) is 1.14. The molecule has 1 N–H and O–H groups in total. The Labute approximate surface area is 184 Å². The highest BCUT2D eigenvalue weighted by atomic mass is 127. The molecule has 0 aliphatic carbocycles. The van der Waals surface area contributed by atoms with Gasteiger partial charge < -0.3 is 19.3 Å². The van der Waals surface area contributed by atoms with Crippen molar-refractivity contribution in [3.8, 4) is 11.5 Å². The van der Waals surface area contributed by atoms with Gasteiger partial charge in [-0.3, -0.25) is 19.3 Å². The van der Waals surface area contributed by atoms with Crippen molar-refractivity contribution >= 4 is 63.5 Å². The summed E-state index contributed by atoms with van der Waals surface area (Å²) in [6.45, 7) is 2.36. The fourth-order valence-electron chi connectivity index (χ4n) is 2.31. The third-order valence-corrected chi connectivity index (χ3v) is 5.13. The quantitative estimate of drug-likeness (QED) is 0.305. The molecule has 2 amide bonds. The summed E-state index contributed by atoms with van der Waals surface area (Å²) < 4.78 is 16.0. The van der Waals surface area contributed by atoms with Gasteiger partial charge in [0.25, 0.3) is 11.1 Å². The molecule has 9 nitrogen and oxygen atoms in total. The van der Waals surface area contributed by atoms with Gasteiger partial charge in [-0.25, -0.2) is 4.79 Å². The number of halogens is 1. The van der Waals surface area contributed by atoms with Gasteiger partial charge >= 0.3 is 11.9 Å². The average molecular weight is 535 g/mol. The molecule has 1 aromatic carbocycles. The lowest BCUT2D eigenvalue weighted by Crippen LogP contribution is -2.35. The number of esters is 1. The average Bonchev–Trinajstić information content (AvgIpc) is 2.87. The molecule has 1 heterocycles. The van der Waals surface area contributed by atoms with Gasteiger partial charge in [-0.2, -0.15) is 0 Å². The van der Waals surface area contributed by atoms with E-state index in [4.69, 9.17) is 19.3 Å². The van der Waals surface area contributed by atoms with Gasteiger partial charge in [-0.05, 0) is 72.0 Å². The fourth-order valence-corrected chi connectivity index (χ4v) is 3.93. The predicted molar refractivity (Wildman–Crippen MR) is 113 cm³/mol. The van der Waals surface area contributed by atoms with E-state index in [-0.39, 0.29) is 22.5 Å². The highest BCUT2D eigenvalue weighted by molar-refractivity contribution is 14.1. The molecule has 2 rings (SSSR count). The summed E-state index contributed by atoms with van der Waals surface area (Å²) in [5.74, 6) is -1.85. The maximum atomic E-state index is 12.5. The smallest absolute Gasteiger partial charge is 0.341 e. The Morgan fingerprint density at radius 1 is 1.31 bits per heavy atom. The van der Waals surface area contributed by atoms with E-state index >= 15 is 0 Å². The third-order valence-electron chi connectivity index (χ3n) is 3.42. The molecule has 1 aliphatic heterocycles. The number of carbonyl (C=O) groups is 4. The lowest BCUT2D eigenvalue weighted by Gasteiger charge is -2.13. The first kappa shape index (κ1) is 23.0. The van der Waals surface area contributed by atoms with Crippen molar-refractivity contribution < 1.29 is 38.5 Å². The second-order valence-corrected chi connectivity index (χ2v) is 8.18. The van der Waals surface area contributed by atoms with E-state index in [0.29, 0.717) is 20.9 Å². The minimum absolute atomic E-state index is 0.143. The molecular formula is C18H18INO8S. The van der Waals surface area contributed by atoms with Crippen LogP contribution in [0.3, 0.4) is 0 Å². The van der Waals surface area contributed by atoms with Crippen LogP contribution in [0, 0.1) is 3.57 Å². The Bertz CT molecular complexity index is 883. The van der Waals surface area contributed by atoms with Crippen molar-refractivity contribution in [1.29, 1.82) is 0 Å². The van der Waals surface area contributed by atoms with Gasteiger partial charge in [0.2, 0.25) is 0 Å². The van der Waals surface area contributed by atoms with Crippen LogP contribution in [-0.2, 0) is 19.1 Å². The van der Waals surface area contributed by atoms with Crippen molar-refractivity contribution in [2.24, 2.45) is 0 Å². The van der Waals surface area contributed by atoms with Gasteiger partial charge in [-0.1, -0.05) is 0 Å². The molecule has 11 heteroatoms. The van der Waals surface area contributed by atoms with Crippen LogP contribution in [0.25, 0.3) is 6.08 Å². The maximum absolute atomic E-state index is 12.5. The number of aliphatic carboxylic acids is 1. The molecule has 0 atom stereocenters. The normalized spacial score (nSPS) is 15.2. The molecule has 1 saturated heterocycles. The van der Waals surface area contributed by atoms with Gasteiger partial charge in [-0.15, -0.1) is 0 Å². The van der Waals surface area contributed by atoms with Gasteiger partial charge in [0.05, 0.1) is 21.7 Å². The third kappa shape index (κ3) is 6.10. The van der Waals surface area contributed by atoms with Crippen molar-refractivity contribution in [3.63, 3.8) is 0 Å². The number of methoxy groups -OCH3 is 1. The van der Waals surface area contributed by atoms with Gasteiger partial charge in [0.1, 0.15) is 6.54 Å². The molecule has 1 fully saturated rings. The molecule has 0 saturated carbocycles. The number of carboxylic acids is 1. The summed E-state index contributed by atoms with van der Waals surface area (Å²) in [5.41, 5.74) is 0.546. The Morgan fingerprint density at radius 2 is 2.00 bits per heavy atom. The van der Waals surface area contributed by atoms with Crippen molar-refractivity contribution in [3.05, 3.63) is 26.2 Å². The summed E-state index contributed by atoms with van der Waals surface area (Å²) in [7, 11) is 1.40. The van der Waals surface area contributed by atoms with E-state index < -0.39 is 36.2 Å². The monoisotopic (exact) mass is 535 g/mol. The number of thioether (sulfide) groups is 1. The van der Waals surface area contributed by atoms with E-state index in [0.717, 1.165) is 4.90 Å². The Kier molecular flexibility index (Phi) is 7.90. The topological polar surface area (TPSA) is 119 Å². The molecule has 29 heavy (non-hydrogen) atoms. The second-order valence-electron chi connectivity index (χ2n) is 6.02. The highest BCUT2D eigenvalue weighted by Gasteiger charge is 2.36. The van der Waals surface area contributed by atoms with Crippen molar-refractivity contribution in [2.75, 3.05) is 20.3 Å². The molecule has 0 bridgehead atoms. The van der Waals surface area contributed by atoms with Gasteiger partial charge in [0, 0.05) is 0 Å². The maximum Gasteiger partial charge on any atom is 0.341 e. The molecule has 0 unspecified atom stereocenters. The molecule has 156 valence electrons. The summed E-state index contributed by atoms with van der Waals surface area (Å²) >= 11 is 2.67. The molecule has 1 aliphatic rings. The first-order chi connectivity index (χ1) is 13.6. The number of benzene rings is 1. The fraction of sp³-hybridized carbons (Fsp3) is 0.333. The summed E-state index contributed by atoms with van der Waals surface area (Å²) in [6, 6.07) is 3.21. The van der Waals surface area contributed by atoms with Crippen LogP contribution in [0.15, 0.2) is 17.0 Å². The summed E-state index contributed by atoms with van der Waals surface area (Å²) in [5, 5.41) is 8.21. The van der Waals surface area contributed by atoms with E-state index in [1.807, 2.05) is 22.6 Å². The standard InChI is InChI=1S/C18H18INO8S/c1-9(2)28-15(23)7-20-17(24)13(29-18(20)25)6-10-4-11(19)16(12(5-10)26-3)27-8-14(21)22/h4-6,9H,7-8H2,1-3H3,(H,21,22)/b13-6-. The van der Waals surface area contributed by atoms with Crippen LogP contribution < -0.4 is 9.47 Å². The lowest BCUT2D eigenvalue weighted by atomic mass is 10.2.